The fraction of sp³-hybridized carbons (Fsp3) is 0.471. The molecule has 0 amide bonds. The summed E-state index contributed by atoms with van der Waals surface area (Å²) in [5.41, 5.74) is 2.26. The predicted molar refractivity (Wildman–Crippen MR) is 91.6 cm³/mol. The Morgan fingerprint density at radius 1 is 1.19 bits per heavy atom. The first-order chi connectivity index (χ1) is 10.1. The topological polar surface area (TPSA) is 28.2 Å². The highest BCUT2D eigenvalue weighted by Gasteiger charge is 2.15. The zero-order valence-electron chi connectivity index (χ0n) is 13.3. The van der Waals surface area contributed by atoms with E-state index in [1.807, 2.05) is 6.07 Å². The molecule has 0 fully saturated rings. The molecule has 0 radical (unpaired) electrons. The molecule has 3 nitrogen and oxygen atoms in total. The molecule has 114 valence electrons. The molecule has 0 aliphatic rings. The maximum atomic E-state index is 4.71. The van der Waals surface area contributed by atoms with Gasteiger partial charge in [-0.3, -0.25) is 0 Å². The Hall–Kier alpha value is -1.23. The Labute approximate surface area is 132 Å². The molecule has 21 heavy (non-hydrogen) atoms. The highest BCUT2D eigenvalue weighted by molar-refractivity contribution is 7.09. The zero-order valence-corrected chi connectivity index (χ0v) is 14.2. The van der Waals surface area contributed by atoms with Crippen molar-refractivity contribution in [3.8, 4) is 11.3 Å². The Bertz CT molecular complexity index is 526. The number of nitrogens with zero attached hydrogens (tertiary/aromatic N) is 2. The monoisotopic (exact) mass is 303 g/mol. The largest absolute Gasteiger partial charge is 0.309 e. The summed E-state index contributed by atoms with van der Waals surface area (Å²) in [6.07, 6.45) is 0. The first-order valence-electron chi connectivity index (χ1n) is 7.45. The number of nitrogens with one attached hydrogen (secondary N) is 1. The minimum atomic E-state index is 0.554. The van der Waals surface area contributed by atoms with E-state index in [0.29, 0.717) is 12.0 Å². The van der Waals surface area contributed by atoms with E-state index in [0.717, 1.165) is 23.8 Å². The van der Waals surface area contributed by atoms with Crippen molar-refractivity contribution in [3.05, 3.63) is 40.7 Å². The van der Waals surface area contributed by atoms with Crippen LogP contribution in [-0.4, -0.2) is 36.6 Å². The van der Waals surface area contributed by atoms with Gasteiger partial charge in [0.25, 0.3) is 0 Å². The first-order valence-corrected chi connectivity index (χ1v) is 8.33. The van der Waals surface area contributed by atoms with Gasteiger partial charge in [-0.2, -0.15) is 0 Å². The molecule has 2 aromatic rings. The van der Waals surface area contributed by atoms with Crippen LogP contribution >= 0.6 is 11.3 Å². The third-order valence-corrected chi connectivity index (χ3v) is 4.53. The summed E-state index contributed by atoms with van der Waals surface area (Å²) >= 11 is 1.73. The molecule has 0 bridgehead atoms. The van der Waals surface area contributed by atoms with Gasteiger partial charge in [0.05, 0.1) is 5.69 Å². The van der Waals surface area contributed by atoms with E-state index in [1.54, 1.807) is 11.3 Å². The Morgan fingerprint density at radius 3 is 2.52 bits per heavy atom. The van der Waals surface area contributed by atoms with Crippen LogP contribution < -0.4 is 5.32 Å². The molecular weight excluding hydrogens is 278 g/mol. The van der Waals surface area contributed by atoms with E-state index in [4.69, 9.17) is 4.98 Å². The second kappa shape index (κ2) is 7.69. The normalized spacial score (nSPS) is 13.0. The third kappa shape index (κ3) is 4.63. The van der Waals surface area contributed by atoms with Crippen molar-refractivity contribution >= 4 is 11.3 Å². The van der Waals surface area contributed by atoms with Crippen LogP contribution in [-0.2, 0) is 6.54 Å². The van der Waals surface area contributed by atoms with E-state index in [2.05, 4.69) is 67.8 Å². The first kappa shape index (κ1) is 16.1. The summed E-state index contributed by atoms with van der Waals surface area (Å²) in [5, 5.41) is 6.82. The minimum absolute atomic E-state index is 0.554. The maximum absolute atomic E-state index is 4.71. The van der Waals surface area contributed by atoms with Crippen molar-refractivity contribution in [3.63, 3.8) is 0 Å². The summed E-state index contributed by atoms with van der Waals surface area (Å²) in [5.74, 6) is 0.642. The maximum Gasteiger partial charge on any atom is 0.107 e. The summed E-state index contributed by atoms with van der Waals surface area (Å²) in [6.45, 7) is 6.37. The number of benzene rings is 1. The lowest BCUT2D eigenvalue weighted by Crippen LogP contribution is -2.41. The van der Waals surface area contributed by atoms with Gasteiger partial charge < -0.3 is 10.2 Å². The van der Waals surface area contributed by atoms with Crippen molar-refractivity contribution < 1.29 is 0 Å². The van der Waals surface area contributed by atoms with Crippen LogP contribution in [0.5, 0.6) is 0 Å². The Balaban J connectivity index is 1.89. The van der Waals surface area contributed by atoms with E-state index < -0.39 is 0 Å². The molecule has 1 aromatic heterocycles. The van der Waals surface area contributed by atoms with Crippen molar-refractivity contribution in [2.75, 3.05) is 20.6 Å². The van der Waals surface area contributed by atoms with Crippen LogP contribution in [0.25, 0.3) is 11.3 Å². The molecule has 0 saturated heterocycles. The van der Waals surface area contributed by atoms with E-state index in [-0.39, 0.29) is 0 Å². The van der Waals surface area contributed by atoms with E-state index in [9.17, 15) is 0 Å². The second-order valence-electron chi connectivity index (χ2n) is 5.90. The Morgan fingerprint density at radius 2 is 1.90 bits per heavy atom. The van der Waals surface area contributed by atoms with Gasteiger partial charge in [0, 0.05) is 30.1 Å². The van der Waals surface area contributed by atoms with Crippen molar-refractivity contribution in [2.45, 2.75) is 26.4 Å². The van der Waals surface area contributed by atoms with Crippen LogP contribution in [0.3, 0.4) is 0 Å². The standard InChI is InChI=1S/C17H25N3S/c1-13(2)16(20(3)4)10-18-11-17-19-15(12-21-17)14-8-6-5-7-9-14/h5-9,12-13,16,18H,10-11H2,1-4H3. The molecule has 2 rings (SSSR count). The van der Waals surface area contributed by atoms with Gasteiger partial charge in [-0.1, -0.05) is 44.2 Å². The lowest BCUT2D eigenvalue weighted by Gasteiger charge is -2.28. The van der Waals surface area contributed by atoms with Gasteiger partial charge in [-0.25, -0.2) is 4.98 Å². The predicted octanol–water partition coefficient (Wildman–Crippen LogP) is 3.49. The number of rotatable bonds is 7. The van der Waals surface area contributed by atoms with Crippen LogP contribution in [0, 0.1) is 5.92 Å². The van der Waals surface area contributed by atoms with Crippen molar-refractivity contribution in [2.24, 2.45) is 5.92 Å². The van der Waals surface area contributed by atoms with Gasteiger partial charge in [-0.05, 0) is 20.0 Å². The minimum Gasteiger partial charge on any atom is -0.309 e. The van der Waals surface area contributed by atoms with Gasteiger partial charge >= 0.3 is 0 Å². The lowest BCUT2D eigenvalue weighted by atomic mass is 10.0. The molecule has 0 saturated carbocycles. The molecule has 0 aliphatic heterocycles. The van der Waals surface area contributed by atoms with Gasteiger partial charge in [0.2, 0.25) is 0 Å². The van der Waals surface area contributed by atoms with Gasteiger partial charge in [0.15, 0.2) is 0 Å². The molecule has 1 aromatic carbocycles. The fourth-order valence-electron chi connectivity index (χ4n) is 2.48. The number of thiazole rings is 1. The summed E-state index contributed by atoms with van der Waals surface area (Å²) in [7, 11) is 4.28. The molecule has 1 heterocycles. The molecule has 1 N–H and O–H groups in total. The van der Waals surface area contributed by atoms with Crippen molar-refractivity contribution in [1.29, 1.82) is 0 Å². The van der Waals surface area contributed by atoms with Gasteiger partial charge in [0.1, 0.15) is 5.01 Å². The summed E-state index contributed by atoms with van der Waals surface area (Å²) in [6, 6.07) is 10.9. The summed E-state index contributed by atoms with van der Waals surface area (Å²) < 4.78 is 0. The van der Waals surface area contributed by atoms with Crippen LogP contribution in [0.1, 0.15) is 18.9 Å². The number of hydrogen-bond acceptors (Lipinski definition) is 4. The van der Waals surface area contributed by atoms with E-state index >= 15 is 0 Å². The zero-order chi connectivity index (χ0) is 15.2. The Kier molecular flexibility index (Phi) is 5.91. The SMILES string of the molecule is CC(C)C(CNCc1nc(-c2ccccc2)cs1)N(C)C. The van der Waals surface area contributed by atoms with Crippen LogP contribution in [0.2, 0.25) is 0 Å². The lowest BCUT2D eigenvalue weighted by molar-refractivity contribution is 0.224. The molecule has 1 unspecified atom stereocenters. The van der Waals surface area contributed by atoms with E-state index in [1.165, 1.54) is 5.56 Å². The average Bonchev–Trinajstić information content (AvgIpc) is 2.92. The van der Waals surface area contributed by atoms with Crippen LogP contribution in [0.15, 0.2) is 35.7 Å². The molecule has 4 heteroatoms. The molecular formula is C17H25N3S. The number of likely N-dealkylation sites (N-methyl/N-ethyl adjacent to an activating group) is 1. The number of aromatic nitrogens is 1. The average molecular weight is 303 g/mol. The highest BCUT2D eigenvalue weighted by atomic mass is 32.1. The quantitative estimate of drug-likeness (QED) is 0.848. The molecule has 1 atom stereocenters. The second-order valence-corrected chi connectivity index (χ2v) is 6.84. The van der Waals surface area contributed by atoms with Gasteiger partial charge in [-0.15, -0.1) is 11.3 Å². The van der Waals surface area contributed by atoms with Crippen molar-refractivity contribution in [1.82, 2.24) is 15.2 Å². The van der Waals surface area contributed by atoms with Crippen LogP contribution in [0.4, 0.5) is 0 Å². The smallest absolute Gasteiger partial charge is 0.107 e. The number of hydrogen-bond donors (Lipinski definition) is 1. The summed E-state index contributed by atoms with van der Waals surface area (Å²) in [4.78, 5) is 7.00. The highest BCUT2D eigenvalue weighted by Crippen LogP contribution is 2.21. The molecule has 0 aliphatic carbocycles. The fourth-order valence-corrected chi connectivity index (χ4v) is 3.25. The molecule has 0 spiro atoms. The third-order valence-electron chi connectivity index (χ3n) is 3.68.